The van der Waals surface area contributed by atoms with Gasteiger partial charge in [0, 0.05) is 23.0 Å². The van der Waals surface area contributed by atoms with E-state index in [-0.39, 0.29) is 17.7 Å². The van der Waals surface area contributed by atoms with E-state index in [9.17, 15) is 4.79 Å². The Balaban J connectivity index is 2.29. The second kappa shape index (κ2) is 7.28. The number of rotatable bonds is 6. The van der Waals surface area contributed by atoms with Crippen LogP contribution >= 0.6 is 11.6 Å². The lowest BCUT2D eigenvalue weighted by Gasteiger charge is -2.25. The zero-order valence-corrected chi connectivity index (χ0v) is 13.1. The molecule has 2 aromatic carbocycles. The standard InChI is InChI=1S/C18H20ClNO/c1-3-17(21)13(2)18(14-9-11-15(19)12-10-14)20-16-7-5-4-6-8-16/h4-13,18,20H,3H2,1-2H3/t13-,18-/m0/s1. The van der Waals surface area contributed by atoms with Crippen molar-refractivity contribution in [3.8, 4) is 0 Å². The van der Waals surface area contributed by atoms with Gasteiger partial charge in [-0.1, -0.05) is 55.8 Å². The summed E-state index contributed by atoms with van der Waals surface area (Å²) in [6.07, 6.45) is 0.543. The van der Waals surface area contributed by atoms with E-state index in [2.05, 4.69) is 5.32 Å². The maximum Gasteiger partial charge on any atom is 0.137 e. The Labute approximate surface area is 131 Å². The van der Waals surface area contributed by atoms with Crippen molar-refractivity contribution < 1.29 is 4.79 Å². The molecule has 0 aromatic heterocycles. The van der Waals surface area contributed by atoms with E-state index in [4.69, 9.17) is 11.6 Å². The normalized spacial score (nSPS) is 13.5. The predicted molar refractivity (Wildman–Crippen MR) is 88.7 cm³/mol. The first-order valence-corrected chi connectivity index (χ1v) is 7.59. The number of anilines is 1. The molecule has 0 fully saturated rings. The van der Waals surface area contributed by atoms with Crippen molar-refractivity contribution in [2.45, 2.75) is 26.3 Å². The maximum absolute atomic E-state index is 12.1. The first kappa shape index (κ1) is 15.6. The zero-order valence-electron chi connectivity index (χ0n) is 12.3. The number of hydrogen-bond acceptors (Lipinski definition) is 2. The van der Waals surface area contributed by atoms with Crippen LogP contribution in [-0.2, 0) is 4.79 Å². The second-order valence-corrected chi connectivity index (χ2v) is 5.58. The Morgan fingerprint density at radius 3 is 2.29 bits per heavy atom. The van der Waals surface area contributed by atoms with Crippen molar-refractivity contribution in [2.24, 2.45) is 5.92 Å². The summed E-state index contributed by atoms with van der Waals surface area (Å²) in [6, 6.07) is 17.6. The average Bonchev–Trinajstić information content (AvgIpc) is 2.53. The molecule has 0 spiro atoms. The molecule has 0 saturated carbocycles. The van der Waals surface area contributed by atoms with E-state index in [1.165, 1.54) is 0 Å². The van der Waals surface area contributed by atoms with Crippen molar-refractivity contribution in [3.05, 3.63) is 65.2 Å². The molecule has 2 nitrogen and oxygen atoms in total. The van der Waals surface area contributed by atoms with Crippen molar-refractivity contribution in [3.63, 3.8) is 0 Å². The molecule has 0 radical (unpaired) electrons. The van der Waals surface area contributed by atoms with Crippen LogP contribution in [0.15, 0.2) is 54.6 Å². The SMILES string of the molecule is CCC(=O)[C@H](C)[C@H](Nc1ccccc1)c1ccc(Cl)cc1. The number of benzene rings is 2. The number of halogens is 1. The van der Waals surface area contributed by atoms with Crippen molar-refractivity contribution in [1.82, 2.24) is 0 Å². The Kier molecular flexibility index (Phi) is 5.40. The highest BCUT2D eigenvalue weighted by Crippen LogP contribution is 2.29. The fraction of sp³-hybridized carbons (Fsp3) is 0.278. The van der Waals surface area contributed by atoms with Gasteiger partial charge >= 0.3 is 0 Å². The number of Topliss-reactive ketones (excluding diaryl/α,β-unsaturated/α-hetero) is 1. The van der Waals surface area contributed by atoms with E-state index >= 15 is 0 Å². The Bertz CT molecular complexity index is 580. The van der Waals surface area contributed by atoms with Gasteiger partial charge in [0.05, 0.1) is 6.04 Å². The highest BCUT2D eigenvalue weighted by molar-refractivity contribution is 6.30. The predicted octanol–water partition coefficient (Wildman–Crippen LogP) is 5.11. The van der Waals surface area contributed by atoms with Gasteiger partial charge in [-0.25, -0.2) is 0 Å². The minimum Gasteiger partial charge on any atom is -0.378 e. The van der Waals surface area contributed by atoms with E-state index in [1.807, 2.05) is 68.4 Å². The van der Waals surface area contributed by atoms with E-state index < -0.39 is 0 Å². The number of nitrogens with one attached hydrogen (secondary N) is 1. The van der Waals surface area contributed by atoms with Crippen LogP contribution in [0.3, 0.4) is 0 Å². The molecule has 1 N–H and O–H groups in total. The summed E-state index contributed by atoms with van der Waals surface area (Å²) in [4.78, 5) is 12.1. The molecule has 0 saturated heterocycles. The van der Waals surface area contributed by atoms with Gasteiger partial charge in [-0.05, 0) is 29.8 Å². The smallest absolute Gasteiger partial charge is 0.137 e. The molecule has 0 unspecified atom stereocenters. The van der Waals surface area contributed by atoms with Crippen LogP contribution in [0.25, 0.3) is 0 Å². The fourth-order valence-electron chi connectivity index (χ4n) is 2.39. The van der Waals surface area contributed by atoms with E-state index in [0.717, 1.165) is 11.3 Å². The van der Waals surface area contributed by atoms with Gasteiger partial charge in [0.15, 0.2) is 0 Å². The first-order valence-electron chi connectivity index (χ1n) is 7.21. The second-order valence-electron chi connectivity index (χ2n) is 5.15. The number of para-hydroxylation sites is 1. The van der Waals surface area contributed by atoms with Crippen LogP contribution in [-0.4, -0.2) is 5.78 Å². The highest BCUT2D eigenvalue weighted by atomic mass is 35.5. The molecule has 0 aliphatic heterocycles. The van der Waals surface area contributed by atoms with Gasteiger partial charge in [0.25, 0.3) is 0 Å². The molecular formula is C18H20ClNO. The molecule has 0 bridgehead atoms. The molecule has 3 heteroatoms. The van der Waals surface area contributed by atoms with Gasteiger partial charge in [0.1, 0.15) is 5.78 Å². The number of hydrogen-bond donors (Lipinski definition) is 1. The van der Waals surface area contributed by atoms with Crippen LogP contribution < -0.4 is 5.32 Å². The topological polar surface area (TPSA) is 29.1 Å². The van der Waals surface area contributed by atoms with Crippen LogP contribution in [0.5, 0.6) is 0 Å². The van der Waals surface area contributed by atoms with E-state index in [0.29, 0.717) is 11.4 Å². The summed E-state index contributed by atoms with van der Waals surface area (Å²) in [6.45, 7) is 3.88. The van der Waals surface area contributed by atoms with Gasteiger partial charge in [-0.15, -0.1) is 0 Å². The first-order chi connectivity index (χ1) is 10.1. The third kappa shape index (κ3) is 4.08. The Hall–Kier alpha value is -1.80. The average molecular weight is 302 g/mol. The lowest BCUT2D eigenvalue weighted by atomic mass is 9.90. The Morgan fingerprint density at radius 1 is 1.10 bits per heavy atom. The largest absolute Gasteiger partial charge is 0.378 e. The lowest BCUT2D eigenvalue weighted by Crippen LogP contribution is -2.25. The van der Waals surface area contributed by atoms with Crippen molar-refractivity contribution >= 4 is 23.1 Å². The molecule has 2 atom stereocenters. The minimum absolute atomic E-state index is 0.0582. The monoisotopic (exact) mass is 301 g/mol. The third-order valence-electron chi connectivity index (χ3n) is 3.68. The lowest BCUT2D eigenvalue weighted by molar-refractivity contribution is -0.122. The van der Waals surface area contributed by atoms with Gasteiger partial charge in [-0.3, -0.25) is 4.79 Å². The molecule has 0 heterocycles. The number of ketones is 1. The molecule has 21 heavy (non-hydrogen) atoms. The van der Waals surface area contributed by atoms with E-state index in [1.54, 1.807) is 0 Å². The van der Waals surface area contributed by atoms with Crippen LogP contribution in [0.4, 0.5) is 5.69 Å². The molecule has 110 valence electrons. The van der Waals surface area contributed by atoms with Crippen LogP contribution in [0.1, 0.15) is 31.9 Å². The summed E-state index contributed by atoms with van der Waals surface area (Å²) in [5, 5.41) is 4.17. The van der Waals surface area contributed by atoms with Gasteiger partial charge in [-0.2, -0.15) is 0 Å². The minimum atomic E-state index is -0.101. The number of carbonyl (C=O) groups is 1. The summed E-state index contributed by atoms with van der Waals surface area (Å²) in [7, 11) is 0. The highest BCUT2D eigenvalue weighted by Gasteiger charge is 2.24. The molecule has 2 aromatic rings. The molecule has 0 aliphatic carbocycles. The summed E-state index contributed by atoms with van der Waals surface area (Å²) in [5.74, 6) is 0.148. The maximum atomic E-state index is 12.1. The molecule has 2 rings (SSSR count). The quantitative estimate of drug-likeness (QED) is 0.803. The summed E-state index contributed by atoms with van der Waals surface area (Å²) < 4.78 is 0. The van der Waals surface area contributed by atoms with Gasteiger partial charge in [0.2, 0.25) is 0 Å². The zero-order chi connectivity index (χ0) is 15.2. The third-order valence-corrected chi connectivity index (χ3v) is 3.93. The molecule has 0 aliphatic rings. The van der Waals surface area contributed by atoms with Crippen molar-refractivity contribution in [2.75, 3.05) is 5.32 Å². The van der Waals surface area contributed by atoms with Gasteiger partial charge < -0.3 is 5.32 Å². The Morgan fingerprint density at radius 2 is 1.71 bits per heavy atom. The summed E-state index contributed by atoms with van der Waals surface area (Å²) >= 11 is 5.96. The molecule has 0 amide bonds. The molecular weight excluding hydrogens is 282 g/mol. The summed E-state index contributed by atoms with van der Waals surface area (Å²) in [5.41, 5.74) is 2.07. The number of carbonyl (C=O) groups excluding carboxylic acids is 1. The van der Waals surface area contributed by atoms with Crippen molar-refractivity contribution in [1.29, 1.82) is 0 Å². The fourth-order valence-corrected chi connectivity index (χ4v) is 2.51. The van der Waals surface area contributed by atoms with Crippen LogP contribution in [0, 0.1) is 5.92 Å². The van der Waals surface area contributed by atoms with Crippen LogP contribution in [0.2, 0.25) is 5.02 Å².